The van der Waals surface area contributed by atoms with Gasteiger partial charge in [-0.2, -0.15) is 0 Å². The lowest BCUT2D eigenvalue weighted by molar-refractivity contribution is -0.143. The Kier molecular flexibility index (Phi) is 3.50. The lowest BCUT2D eigenvalue weighted by Gasteiger charge is -2.32. The molecule has 6 nitrogen and oxygen atoms in total. The number of nitrogens with zero attached hydrogens (tertiary/aromatic N) is 2. The molecule has 1 aliphatic rings. The summed E-state index contributed by atoms with van der Waals surface area (Å²) in [7, 11) is 1.46. The molecule has 0 radical (unpaired) electrons. The number of anilines is 1. The molecule has 0 aromatic heterocycles. The number of benzene rings is 1. The zero-order chi connectivity index (χ0) is 14.0. The Morgan fingerprint density at radius 1 is 1.26 bits per heavy atom. The molecule has 0 atom stereocenters. The van der Waals surface area contributed by atoms with E-state index in [9.17, 15) is 14.4 Å². The topological polar surface area (TPSA) is 77.9 Å². The maximum absolute atomic E-state index is 11.6. The predicted octanol–water partition coefficient (Wildman–Crippen LogP) is 0.119. The predicted molar refractivity (Wildman–Crippen MR) is 67.8 cm³/mol. The van der Waals surface area contributed by atoms with Crippen molar-refractivity contribution in [2.45, 2.75) is 6.42 Å². The fourth-order valence-corrected chi connectivity index (χ4v) is 1.95. The number of carbonyl (C=O) groups is 3. The van der Waals surface area contributed by atoms with Gasteiger partial charge in [0.05, 0.1) is 19.5 Å². The zero-order valence-corrected chi connectivity index (χ0v) is 10.5. The van der Waals surface area contributed by atoms with E-state index < -0.39 is 5.97 Å². The summed E-state index contributed by atoms with van der Waals surface area (Å²) >= 11 is 0. The van der Waals surface area contributed by atoms with E-state index in [1.54, 1.807) is 29.2 Å². The van der Waals surface area contributed by atoms with Gasteiger partial charge in [0.25, 0.3) is 0 Å². The molecule has 2 amide bonds. The summed E-state index contributed by atoms with van der Waals surface area (Å²) in [5, 5.41) is 8.76. The van der Waals surface area contributed by atoms with E-state index in [-0.39, 0.29) is 31.3 Å². The fraction of sp³-hybridized carbons (Fsp3) is 0.308. The summed E-state index contributed by atoms with van der Waals surface area (Å²) in [6.07, 6.45) is -0.0799. The number of aliphatic carboxylic acids is 1. The number of hydrogen-bond acceptors (Lipinski definition) is 4. The largest absolute Gasteiger partial charge is 0.481 e. The third-order valence-electron chi connectivity index (χ3n) is 3.03. The first-order valence-corrected chi connectivity index (χ1v) is 5.82. The van der Waals surface area contributed by atoms with Crippen molar-refractivity contribution in [3.8, 4) is 0 Å². The maximum atomic E-state index is 11.6. The summed E-state index contributed by atoms with van der Waals surface area (Å²) in [6, 6.07) is 6.88. The van der Waals surface area contributed by atoms with Crippen LogP contribution in [0.25, 0.3) is 0 Å². The molecule has 100 valence electrons. The molecule has 1 N–H and O–H groups in total. The second-order valence-electron chi connectivity index (χ2n) is 4.44. The molecule has 0 aliphatic carbocycles. The minimum Gasteiger partial charge on any atom is -0.481 e. The fourth-order valence-electron chi connectivity index (χ4n) is 1.95. The zero-order valence-electron chi connectivity index (χ0n) is 10.5. The molecule has 6 heteroatoms. The van der Waals surface area contributed by atoms with Crippen molar-refractivity contribution < 1.29 is 19.5 Å². The summed E-state index contributed by atoms with van der Waals surface area (Å²) in [5.74, 6) is -1.44. The Bertz CT molecular complexity index is 523. The second kappa shape index (κ2) is 5.09. The molecule has 2 rings (SSSR count). The van der Waals surface area contributed by atoms with Crippen molar-refractivity contribution in [1.82, 2.24) is 4.90 Å². The van der Waals surface area contributed by atoms with E-state index in [1.807, 2.05) is 0 Å². The van der Waals surface area contributed by atoms with E-state index in [4.69, 9.17) is 5.11 Å². The van der Waals surface area contributed by atoms with Gasteiger partial charge in [-0.1, -0.05) is 12.1 Å². The van der Waals surface area contributed by atoms with Gasteiger partial charge in [0.15, 0.2) is 0 Å². The van der Waals surface area contributed by atoms with Gasteiger partial charge in [-0.25, -0.2) is 0 Å². The van der Waals surface area contributed by atoms with Crippen LogP contribution in [0.5, 0.6) is 0 Å². The number of carbonyl (C=O) groups excluding carboxylic acids is 2. The van der Waals surface area contributed by atoms with Gasteiger partial charge in [0, 0.05) is 12.7 Å². The van der Waals surface area contributed by atoms with Crippen molar-refractivity contribution in [3.63, 3.8) is 0 Å². The number of carboxylic acid groups (broad SMARTS) is 1. The van der Waals surface area contributed by atoms with Crippen molar-refractivity contribution >= 4 is 23.5 Å². The van der Waals surface area contributed by atoms with Crippen LogP contribution >= 0.6 is 0 Å². The van der Waals surface area contributed by atoms with Crippen LogP contribution in [-0.2, 0) is 20.8 Å². The van der Waals surface area contributed by atoms with Crippen molar-refractivity contribution in [3.05, 3.63) is 29.8 Å². The van der Waals surface area contributed by atoms with Crippen LogP contribution in [-0.4, -0.2) is 47.9 Å². The van der Waals surface area contributed by atoms with E-state index in [0.717, 1.165) is 4.90 Å². The molecule has 19 heavy (non-hydrogen) atoms. The molecule has 0 saturated carbocycles. The molecular weight excluding hydrogens is 248 g/mol. The Morgan fingerprint density at radius 3 is 2.47 bits per heavy atom. The maximum Gasteiger partial charge on any atom is 0.307 e. The Labute approximate surface area is 110 Å². The van der Waals surface area contributed by atoms with E-state index in [1.165, 1.54) is 7.05 Å². The Morgan fingerprint density at radius 2 is 1.89 bits per heavy atom. The van der Waals surface area contributed by atoms with Crippen LogP contribution in [0.15, 0.2) is 24.3 Å². The molecule has 1 aromatic rings. The lowest BCUT2D eigenvalue weighted by Crippen LogP contribution is -2.52. The van der Waals surface area contributed by atoms with Crippen LogP contribution in [0, 0.1) is 0 Å². The number of carboxylic acids is 1. The first-order valence-electron chi connectivity index (χ1n) is 5.82. The van der Waals surface area contributed by atoms with Gasteiger partial charge in [0.1, 0.15) is 0 Å². The third-order valence-corrected chi connectivity index (χ3v) is 3.03. The minimum atomic E-state index is -0.914. The SMILES string of the molecule is CN1C(=O)CN(c2cccc(CC(=O)O)c2)CC1=O. The molecule has 1 aromatic carbocycles. The molecule has 0 unspecified atom stereocenters. The van der Waals surface area contributed by atoms with E-state index in [2.05, 4.69) is 0 Å². The summed E-state index contributed by atoms with van der Waals surface area (Å²) in [5.41, 5.74) is 1.33. The van der Waals surface area contributed by atoms with Crippen LogP contribution in [0.1, 0.15) is 5.56 Å². The molecule has 0 bridgehead atoms. The molecular formula is C13H14N2O4. The summed E-state index contributed by atoms with van der Waals surface area (Å²) < 4.78 is 0. The summed E-state index contributed by atoms with van der Waals surface area (Å²) in [6.45, 7) is 0.248. The first kappa shape index (κ1) is 13.1. The van der Waals surface area contributed by atoms with Gasteiger partial charge in [-0.15, -0.1) is 0 Å². The van der Waals surface area contributed by atoms with E-state index >= 15 is 0 Å². The molecule has 1 saturated heterocycles. The van der Waals surface area contributed by atoms with Crippen LogP contribution in [0.3, 0.4) is 0 Å². The smallest absolute Gasteiger partial charge is 0.307 e. The van der Waals surface area contributed by atoms with Gasteiger partial charge >= 0.3 is 5.97 Å². The second-order valence-corrected chi connectivity index (χ2v) is 4.44. The van der Waals surface area contributed by atoms with Crippen molar-refractivity contribution in [1.29, 1.82) is 0 Å². The highest BCUT2D eigenvalue weighted by Gasteiger charge is 2.28. The highest BCUT2D eigenvalue weighted by atomic mass is 16.4. The lowest BCUT2D eigenvalue weighted by atomic mass is 10.1. The Balaban J connectivity index is 2.20. The summed E-state index contributed by atoms with van der Waals surface area (Å²) in [4.78, 5) is 36.7. The molecule has 1 aliphatic heterocycles. The first-order chi connectivity index (χ1) is 8.97. The normalized spacial score (nSPS) is 15.8. The number of imide groups is 1. The number of likely N-dealkylation sites (N-methyl/N-ethyl adjacent to an activating group) is 1. The van der Waals surface area contributed by atoms with Crippen LogP contribution < -0.4 is 4.90 Å². The van der Waals surface area contributed by atoms with Gasteiger partial charge in [-0.3, -0.25) is 19.3 Å². The van der Waals surface area contributed by atoms with Crippen LogP contribution in [0.4, 0.5) is 5.69 Å². The highest BCUT2D eigenvalue weighted by Crippen LogP contribution is 2.19. The van der Waals surface area contributed by atoms with Gasteiger partial charge < -0.3 is 10.0 Å². The quantitative estimate of drug-likeness (QED) is 0.783. The number of rotatable bonds is 3. The van der Waals surface area contributed by atoms with Crippen LogP contribution in [0.2, 0.25) is 0 Å². The van der Waals surface area contributed by atoms with Crippen molar-refractivity contribution in [2.75, 3.05) is 25.0 Å². The molecule has 1 heterocycles. The standard InChI is InChI=1S/C13H14N2O4/c1-14-11(16)7-15(8-12(14)17)10-4-2-3-9(5-10)6-13(18)19/h2-5H,6-8H2,1H3,(H,18,19). The average molecular weight is 262 g/mol. The molecule has 1 fully saturated rings. The van der Waals surface area contributed by atoms with E-state index in [0.29, 0.717) is 11.3 Å². The highest BCUT2D eigenvalue weighted by molar-refractivity contribution is 6.02. The van der Waals surface area contributed by atoms with Crippen molar-refractivity contribution in [2.24, 2.45) is 0 Å². The number of piperazine rings is 1. The van der Waals surface area contributed by atoms with Gasteiger partial charge in [0.2, 0.25) is 11.8 Å². The average Bonchev–Trinajstić information content (AvgIpc) is 2.35. The monoisotopic (exact) mass is 262 g/mol. The number of hydrogen-bond donors (Lipinski definition) is 1. The van der Waals surface area contributed by atoms with Gasteiger partial charge in [-0.05, 0) is 17.7 Å². The molecule has 0 spiro atoms. The Hall–Kier alpha value is -2.37. The number of amides is 2. The minimum absolute atomic E-state index is 0.0799. The third kappa shape index (κ3) is 2.90.